The number of nitrogens with zero attached hydrogens (tertiary/aromatic N) is 1. The Balaban J connectivity index is 2.26. The van der Waals surface area contributed by atoms with E-state index in [1.54, 1.807) is 12.1 Å². The van der Waals surface area contributed by atoms with Crippen molar-refractivity contribution in [1.29, 1.82) is 5.26 Å². The quantitative estimate of drug-likeness (QED) is 0.397. The summed E-state index contributed by atoms with van der Waals surface area (Å²) in [4.78, 5) is 24.0. The van der Waals surface area contributed by atoms with Crippen LogP contribution < -0.4 is 14.8 Å². The fourth-order valence-corrected chi connectivity index (χ4v) is 2.76. The number of hydrogen-bond acceptors (Lipinski definition) is 6. The van der Waals surface area contributed by atoms with Crippen LogP contribution in [0.15, 0.2) is 42.0 Å². The number of ether oxygens (including phenoxy) is 3. The molecule has 0 saturated carbocycles. The fraction of sp³-hybridized carbons (Fsp3) is 0.227. The Morgan fingerprint density at radius 2 is 1.83 bits per heavy atom. The number of hydrogen-bond donors (Lipinski definition) is 1. The molecule has 8 heteroatoms. The highest BCUT2D eigenvalue weighted by Gasteiger charge is 2.15. The van der Waals surface area contributed by atoms with Gasteiger partial charge in [0.25, 0.3) is 5.91 Å². The third-order valence-corrected chi connectivity index (χ3v) is 4.13. The summed E-state index contributed by atoms with van der Waals surface area (Å²) in [5.41, 5.74) is 1.13. The number of esters is 1. The third kappa shape index (κ3) is 5.75. The van der Waals surface area contributed by atoms with Crippen molar-refractivity contribution in [2.24, 2.45) is 0 Å². The molecule has 0 atom stereocenters. The summed E-state index contributed by atoms with van der Waals surface area (Å²) in [6, 6.07) is 11.2. The van der Waals surface area contributed by atoms with Crippen molar-refractivity contribution in [1.82, 2.24) is 0 Å². The van der Waals surface area contributed by atoms with Crippen molar-refractivity contribution >= 4 is 35.2 Å². The zero-order valence-corrected chi connectivity index (χ0v) is 17.7. The van der Waals surface area contributed by atoms with Crippen LogP contribution in [-0.2, 0) is 9.53 Å². The van der Waals surface area contributed by atoms with E-state index in [1.807, 2.05) is 19.9 Å². The molecule has 7 nitrogen and oxygen atoms in total. The minimum Gasteiger partial charge on any atom is -0.493 e. The van der Waals surface area contributed by atoms with Crippen LogP contribution in [0.25, 0.3) is 6.08 Å². The number of benzene rings is 2. The number of rotatable bonds is 7. The van der Waals surface area contributed by atoms with Gasteiger partial charge in [-0.15, -0.1) is 0 Å². The van der Waals surface area contributed by atoms with Gasteiger partial charge < -0.3 is 19.5 Å². The number of methoxy groups -OCH3 is 2. The molecule has 0 saturated heterocycles. The van der Waals surface area contributed by atoms with Crippen molar-refractivity contribution in [3.63, 3.8) is 0 Å². The Labute approximate surface area is 179 Å². The summed E-state index contributed by atoms with van der Waals surface area (Å²) in [5.74, 6) is -0.319. The maximum Gasteiger partial charge on any atom is 0.337 e. The number of amides is 1. The predicted molar refractivity (Wildman–Crippen MR) is 114 cm³/mol. The van der Waals surface area contributed by atoms with E-state index in [0.29, 0.717) is 33.3 Å². The molecule has 0 aliphatic heterocycles. The van der Waals surface area contributed by atoms with Gasteiger partial charge in [0.1, 0.15) is 11.6 Å². The second kappa shape index (κ2) is 10.3. The molecule has 0 fully saturated rings. The van der Waals surface area contributed by atoms with E-state index in [9.17, 15) is 14.9 Å². The average molecular weight is 429 g/mol. The molecule has 0 radical (unpaired) electrons. The zero-order chi connectivity index (χ0) is 22.3. The number of carbonyl (C=O) groups excluding carboxylic acids is 2. The first-order chi connectivity index (χ1) is 14.3. The molecule has 0 aromatic heterocycles. The Bertz CT molecular complexity index is 1010. The Morgan fingerprint density at radius 3 is 2.37 bits per heavy atom. The van der Waals surface area contributed by atoms with Gasteiger partial charge in [0, 0.05) is 5.69 Å². The van der Waals surface area contributed by atoms with Crippen molar-refractivity contribution in [2.75, 3.05) is 19.5 Å². The number of anilines is 1. The average Bonchev–Trinajstić information content (AvgIpc) is 2.73. The molecule has 1 amide bonds. The lowest BCUT2D eigenvalue weighted by atomic mass is 10.1. The van der Waals surface area contributed by atoms with Crippen LogP contribution in [0.4, 0.5) is 5.69 Å². The van der Waals surface area contributed by atoms with Crippen LogP contribution in [0, 0.1) is 11.3 Å². The Kier molecular flexibility index (Phi) is 7.84. The molecule has 0 bridgehead atoms. The molecule has 0 heterocycles. The minimum absolute atomic E-state index is 0.108. The number of nitriles is 1. The highest BCUT2D eigenvalue weighted by Crippen LogP contribution is 2.37. The third-order valence-electron chi connectivity index (χ3n) is 3.85. The van der Waals surface area contributed by atoms with E-state index in [1.165, 1.54) is 44.6 Å². The van der Waals surface area contributed by atoms with E-state index in [2.05, 4.69) is 10.1 Å². The van der Waals surface area contributed by atoms with Gasteiger partial charge in [-0.05, 0) is 61.9 Å². The van der Waals surface area contributed by atoms with Gasteiger partial charge in [0.15, 0.2) is 11.5 Å². The number of nitrogens with one attached hydrogen (secondary N) is 1. The first-order valence-electron chi connectivity index (χ1n) is 8.94. The van der Waals surface area contributed by atoms with Gasteiger partial charge >= 0.3 is 5.97 Å². The molecule has 156 valence electrons. The van der Waals surface area contributed by atoms with Gasteiger partial charge in [0.2, 0.25) is 0 Å². The van der Waals surface area contributed by atoms with Gasteiger partial charge in [-0.25, -0.2) is 4.79 Å². The minimum atomic E-state index is -0.610. The molecule has 0 unspecified atom stereocenters. The summed E-state index contributed by atoms with van der Waals surface area (Å²) in [6.45, 7) is 3.72. The SMILES string of the molecule is COC(=O)c1ccc(NC(=O)/C(C#N)=C/c2cc(Cl)c(OC(C)C)c(OC)c2)cc1. The van der Waals surface area contributed by atoms with Gasteiger partial charge in [0.05, 0.1) is 30.9 Å². The summed E-state index contributed by atoms with van der Waals surface area (Å²) < 4.78 is 15.6. The van der Waals surface area contributed by atoms with E-state index in [-0.39, 0.29) is 11.7 Å². The lowest BCUT2D eigenvalue weighted by Crippen LogP contribution is -2.13. The van der Waals surface area contributed by atoms with Gasteiger partial charge in [-0.2, -0.15) is 5.26 Å². The summed E-state index contributed by atoms with van der Waals surface area (Å²) in [7, 11) is 2.76. The highest BCUT2D eigenvalue weighted by atomic mass is 35.5. The van der Waals surface area contributed by atoms with E-state index in [0.717, 1.165) is 0 Å². The smallest absolute Gasteiger partial charge is 0.337 e. The second-order valence-electron chi connectivity index (χ2n) is 6.39. The standard InChI is InChI=1S/C22H21ClN2O5/c1-13(2)30-20-18(23)10-14(11-19(20)28-3)9-16(12-24)21(26)25-17-7-5-15(6-8-17)22(27)29-4/h5-11,13H,1-4H3,(H,25,26)/b16-9+. The second-order valence-corrected chi connectivity index (χ2v) is 6.80. The van der Waals surface area contributed by atoms with Crippen LogP contribution >= 0.6 is 11.6 Å². The van der Waals surface area contributed by atoms with Crippen LogP contribution in [-0.4, -0.2) is 32.2 Å². The number of halogens is 1. The molecule has 0 aliphatic rings. The summed E-state index contributed by atoms with van der Waals surface area (Å²) >= 11 is 6.29. The largest absolute Gasteiger partial charge is 0.493 e. The lowest BCUT2D eigenvalue weighted by molar-refractivity contribution is -0.112. The lowest BCUT2D eigenvalue weighted by Gasteiger charge is -2.15. The van der Waals surface area contributed by atoms with Crippen LogP contribution in [0.3, 0.4) is 0 Å². The zero-order valence-electron chi connectivity index (χ0n) is 17.0. The Hall–Kier alpha value is -3.50. The first kappa shape index (κ1) is 22.8. The molecule has 30 heavy (non-hydrogen) atoms. The van der Waals surface area contributed by atoms with Gasteiger partial charge in [-0.3, -0.25) is 4.79 Å². The molecule has 0 spiro atoms. The predicted octanol–water partition coefficient (Wildman–Crippen LogP) is 4.47. The van der Waals surface area contributed by atoms with E-state index >= 15 is 0 Å². The maximum atomic E-state index is 12.5. The van der Waals surface area contributed by atoms with Gasteiger partial charge in [-0.1, -0.05) is 11.6 Å². The van der Waals surface area contributed by atoms with Crippen molar-refractivity contribution in [2.45, 2.75) is 20.0 Å². The Morgan fingerprint density at radius 1 is 1.17 bits per heavy atom. The van der Waals surface area contributed by atoms with Crippen molar-refractivity contribution in [3.8, 4) is 17.6 Å². The monoisotopic (exact) mass is 428 g/mol. The van der Waals surface area contributed by atoms with Crippen LogP contribution in [0.5, 0.6) is 11.5 Å². The molecule has 2 rings (SSSR count). The molecule has 2 aromatic rings. The highest BCUT2D eigenvalue weighted by molar-refractivity contribution is 6.32. The van der Waals surface area contributed by atoms with Crippen LogP contribution in [0.2, 0.25) is 5.02 Å². The van der Waals surface area contributed by atoms with E-state index in [4.69, 9.17) is 21.1 Å². The van der Waals surface area contributed by atoms with E-state index < -0.39 is 11.9 Å². The molecule has 2 aromatic carbocycles. The fourth-order valence-electron chi connectivity index (χ4n) is 2.49. The maximum absolute atomic E-state index is 12.5. The normalized spacial score (nSPS) is 10.9. The first-order valence-corrected chi connectivity index (χ1v) is 9.32. The van der Waals surface area contributed by atoms with Crippen LogP contribution in [0.1, 0.15) is 29.8 Å². The molecular weight excluding hydrogens is 408 g/mol. The van der Waals surface area contributed by atoms with Crippen molar-refractivity contribution < 1.29 is 23.8 Å². The summed E-state index contributed by atoms with van der Waals surface area (Å²) in [6.07, 6.45) is 1.29. The molecule has 1 N–H and O–H groups in total. The molecular formula is C22H21ClN2O5. The topological polar surface area (TPSA) is 97.7 Å². The summed E-state index contributed by atoms with van der Waals surface area (Å²) in [5, 5.41) is 12.3. The molecule has 0 aliphatic carbocycles. The number of carbonyl (C=O) groups is 2. The van der Waals surface area contributed by atoms with Crippen molar-refractivity contribution in [3.05, 3.63) is 58.1 Å².